The maximum atomic E-state index is 16.0. The minimum Gasteiger partial charge on any atom is -0.242 e. The molecule has 2 aromatic heterocycles. The monoisotopic (exact) mass is 432 g/mol. The van der Waals surface area contributed by atoms with Crippen LogP contribution in [0, 0.1) is 17.2 Å². The maximum absolute atomic E-state index is 16.0. The number of aromatic nitrogens is 2. The molecule has 0 unspecified atom stereocenters. The summed E-state index contributed by atoms with van der Waals surface area (Å²) in [5, 5.41) is 7.62. The van der Waals surface area contributed by atoms with Crippen molar-refractivity contribution in [2.24, 2.45) is 11.3 Å². The highest BCUT2D eigenvalue weighted by Crippen LogP contribution is 2.58. The predicted octanol–water partition coefficient (Wildman–Crippen LogP) is 7.29. The molecule has 31 heavy (non-hydrogen) atoms. The van der Waals surface area contributed by atoms with Crippen molar-refractivity contribution in [2.45, 2.75) is 32.4 Å². The van der Waals surface area contributed by atoms with Gasteiger partial charge in [0, 0.05) is 16.2 Å². The van der Waals surface area contributed by atoms with Crippen LogP contribution in [0.1, 0.15) is 42.8 Å². The van der Waals surface area contributed by atoms with Gasteiger partial charge in [0.1, 0.15) is 12.0 Å². The summed E-state index contributed by atoms with van der Waals surface area (Å²) in [6.45, 7) is 2.22. The molecular weight excluding hydrogens is 410 g/mol. The fourth-order valence-electron chi connectivity index (χ4n) is 5.56. The number of hydrogen-bond acceptors (Lipinski definition) is 2. The molecule has 2 heterocycles. The topological polar surface area (TPSA) is 17.8 Å². The minimum absolute atomic E-state index is 0.0564. The molecule has 6 rings (SSSR count). The Morgan fingerprint density at radius 1 is 1.16 bits per heavy atom. The van der Waals surface area contributed by atoms with Gasteiger partial charge < -0.3 is 0 Å². The molecule has 156 valence electrons. The van der Waals surface area contributed by atoms with E-state index in [1.165, 1.54) is 17.7 Å². The van der Waals surface area contributed by atoms with E-state index in [4.69, 9.17) is 0 Å². The minimum atomic E-state index is -0.985. The van der Waals surface area contributed by atoms with E-state index in [0.29, 0.717) is 0 Å². The molecule has 3 atom stereocenters. The standard InChI is InChI=1S/C26H22F2N2S/c1-26-13-16-14-29-30(19-9-7-18(27)8-10-19)23(16)12-17(26)6-11-22(26)25(28)21-15-31-24-5-3-2-4-20(21)24/h2-5,7-10,12,14-15,22,25H,6,11,13H2,1H3/t22-,25-,26+/m1/s1. The number of rotatable bonds is 3. The van der Waals surface area contributed by atoms with Gasteiger partial charge in [-0.3, -0.25) is 0 Å². The number of nitrogens with zero attached hydrogens (tertiary/aromatic N) is 2. The molecule has 2 aromatic carbocycles. The Bertz CT molecular complexity index is 1320. The number of allylic oxidation sites excluding steroid dienone is 1. The normalized spacial score (nSPS) is 23.5. The Hall–Kier alpha value is -2.79. The first-order valence-electron chi connectivity index (χ1n) is 10.7. The lowest BCUT2D eigenvalue weighted by molar-refractivity contribution is 0.137. The van der Waals surface area contributed by atoms with Crippen molar-refractivity contribution in [1.29, 1.82) is 0 Å². The van der Waals surface area contributed by atoms with Crippen molar-refractivity contribution >= 4 is 27.5 Å². The third kappa shape index (κ3) is 2.83. The molecule has 2 aliphatic rings. The van der Waals surface area contributed by atoms with Crippen LogP contribution in [0.3, 0.4) is 0 Å². The van der Waals surface area contributed by atoms with E-state index in [2.05, 4.69) is 24.2 Å². The number of halogens is 2. The predicted molar refractivity (Wildman–Crippen MR) is 122 cm³/mol. The average Bonchev–Trinajstić information content (AvgIpc) is 3.46. The van der Waals surface area contributed by atoms with Gasteiger partial charge in [-0.25, -0.2) is 13.5 Å². The van der Waals surface area contributed by atoms with Crippen molar-refractivity contribution in [3.8, 4) is 5.69 Å². The molecule has 0 radical (unpaired) electrons. The van der Waals surface area contributed by atoms with E-state index >= 15 is 4.39 Å². The van der Waals surface area contributed by atoms with Crippen LogP contribution >= 0.6 is 11.3 Å². The van der Waals surface area contributed by atoms with Gasteiger partial charge in [0.05, 0.1) is 17.6 Å². The average molecular weight is 433 g/mol. The van der Waals surface area contributed by atoms with Gasteiger partial charge in [0.15, 0.2) is 0 Å². The highest BCUT2D eigenvalue weighted by Gasteiger charge is 2.49. The molecule has 2 nitrogen and oxygen atoms in total. The van der Waals surface area contributed by atoms with Gasteiger partial charge in [0.2, 0.25) is 0 Å². The molecule has 5 heteroatoms. The number of hydrogen-bond donors (Lipinski definition) is 0. The molecule has 2 aliphatic carbocycles. The molecule has 1 saturated carbocycles. The number of benzene rings is 2. The second-order valence-corrected chi connectivity index (χ2v) is 9.85. The smallest absolute Gasteiger partial charge is 0.130 e. The van der Waals surface area contributed by atoms with Crippen molar-refractivity contribution in [2.75, 3.05) is 0 Å². The summed E-state index contributed by atoms with van der Waals surface area (Å²) in [7, 11) is 0. The molecular formula is C26H22F2N2S. The molecule has 0 saturated heterocycles. The first-order valence-corrected chi connectivity index (χ1v) is 11.6. The van der Waals surface area contributed by atoms with Gasteiger partial charge in [-0.15, -0.1) is 11.3 Å². The van der Waals surface area contributed by atoms with Crippen LogP contribution in [0.25, 0.3) is 21.8 Å². The molecule has 0 bridgehead atoms. The molecule has 0 amide bonds. The Labute approximate surface area is 183 Å². The lowest BCUT2D eigenvalue weighted by Gasteiger charge is -2.37. The maximum Gasteiger partial charge on any atom is 0.130 e. The van der Waals surface area contributed by atoms with Crippen LogP contribution in [0.2, 0.25) is 0 Å². The summed E-state index contributed by atoms with van der Waals surface area (Å²) in [6.07, 6.45) is 5.64. The summed E-state index contributed by atoms with van der Waals surface area (Å²) >= 11 is 1.63. The van der Waals surface area contributed by atoms with Crippen LogP contribution < -0.4 is 0 Å². The highest BCUT2D eigenvalue weighted by atomic mass is 32.1. The van der Waals surface area contributed by atoms with Gasteiger partial charge >= 0.3 is 0 Å². The second-order valence-electron chi connectivity index (χ2n) is 8.94. The molecule has 4 aromatic rings. The highest BCUT2D eigenvalue weighted by molar-refractivity contribution is 7.17. The first-order chi connectivity index (χ1) is 15.0. The van der Waals surface area contributed by atoms with Crippen molar-refractivity contribution in [1.82, 2.24) is 9.78 Å². The van der Waals surface area contributed by atoms with E-state index in [1.54, 1.807) is 23.5 Å². The number of fused-ring (bicyclic) bond motifs is 3. The van der Waals surface area contributed by atoms with Gasteiger partial charge in [-0.1, -0.05) is 30.7 Å². The lowest BCUT2D eigenvalue weighted by Crippen LogP contribution is -2.31. The zero-order chi connectivity index (χ0) is 21.2. The summed E-state index contributed by atoms with van der Waals surface area (Å²) in [4.78, 5) is 0. The largest absolute Gasteiger partial charge is 0.242 e. The first kappa shape index (κ1) is 18.9. The van der Waals surface area contributed by atoms with E-state index < -0.39 is 6.17 Å². The van der Waals surface area contributed by atoms with Crippen LogP contribution in [0.5, 0.6) is 0 Å². The van der Waals surface area contributed by atoms with Crippen LogP contribution in [0.4, 0.5) is 8.78 Å². The van der Waals surface area contributed by atoms with Crippen molar-refractivity contribution in [3.63, 3.8) is 0 Å². The fourth-order valence-corrected chi connectivity index (χ4v) is 6.54. The Morgan fingerprint density at radius 2 is 1.97 bits per heavy atom. The lowest BCUT2D eigenvalue weighted by atomic mass is 9.67. The van der Waals surface area contributed by atoms with E-state index in [9.17, 15) is 4.39 Å². The van der Waals surface area contributed by atoms with Crippen LogP contribution in [-0.4, -0.2) is 9.78 Å². The van der Waals surface area contributed by atoms with E-state index in [1.807, 2.05) is 34.5 Å². The van der Waals surface area contributed by atoms with E-state index in [0.717, 1.165) is 51.9 Å². The molecule has 0 N–H and O–H groups in total. The van der Waals surface area contributed by atoms with Crippen LogP contribution in [-0.2, 0) is 6.42 Å². The van der Waals surface area contributed by atoms with E-state index in [-0.39, 0.29) is 17.2 Å². The fraction of sp³-hybridized carbons (Fsp3) is 0.269. The summed E-state index contributed by atoms with van der Waals surface area (Å²) in [6, 6.07) is 14.5. The number of alkyl halides is 1. The summed E-state index contributed by atoms with van der Waals surface area (Å²) in [5.41, 5.74) is 4.93. The van der Waals surface area contributed by atoms with Gasteiger partial charge in [-0.2, -0.15) is 5.10 Å². The van der Waals surface area contributed by atoms with Crippen molar-refractivity contribution < 1.29 is 8.78 Å². The third-order valence-corrected chi connectivity index (χ3v) is 8.25. The third-order valence-electron chi connectivity index (χ3n) is 7.26. The Kier molecular flexibility index (Phi) is 4.19. The Morgan fingerprint density at radius 3 is 2.81 bits per heavy atom. The number of thiophene rings is 1. The molecule has 1 fully saturated rings. The van der Waals surface area contributed by atoms with Gasteiger partial charge in [-0.05, 0) is 77.4 Å². The quantitative estimate of drug-likeness (QED) is 0.332. The zero-order valence-corrected chi connectivity index (χ0v) is 18.0. The SMILES string of the molecule is C[C@]12Cc3cnn(-c4ccc(F)cc4)c3C=C1CC[C@@H]2[C@H](F)c1csc2ccccc12. The van der Waals surface area contributed by atoms with Gasteiger partial charge in [0.25, 0.3) is 0 Å². The summed E-state index contributed by atoms with van der Waals surface area (Å²) in [5.74, 6) is -0.316. The van der Waals surface area contributed by atoms with Crippen molar-refractivity contribution in [3.05, 3.63) is 88.3 Å². The zero-order valence-electron chi connectivity index (χ0n) is 17.2. The molecule has 0 aliphatic heterocycles. The Balaban J connectivity index is 1.37. The summed E-state index contributed by atoms with van der Waals surface area (Å²) < 4.78 is 32.4. The second kappa shape index (κ2) is 6.86. The molecule has 0 spiro atoms. The van der Waals surface area contributed by atoms with Crippen LogP contribution in [0.15, 0.2) is 65.7 Å².